The number of unbranched alkanes of at least 4 members (excludes halogenated alkanes) is 6. The lowest BCUT2D eigenvalue weighted by atomic mass is 10.2. The van der Waals surface area contributed by atoms with Crippen molar-refractivity contribution in [2.45, 2.75) is 78.1 Å². The molecule has 0 aromatic carbocycles. The van der Waals surface area contributed by atoms with Crippen LogP contribution < -0.4 is 0 Å². The number of hydrogen-bond acceptors (Lipinski definition) is 4. The molecular weight excluding hydrogens is 487 g/mol. The zero-order chi connectivity index (χ0) is 18.5. The zero-order valence-corrected chi connectivity index (χ0v) is 19.0. The number of ether oxygens (including phenoxy) is 2. The van der Waals surface area contributed by atoms with Crippen LogP contribution in [0.4, 0.5) is 0 Å². The van der Waals surface area contributed by atoms with Crippen LogP contribution in [0.15, 0.2) is 0 Å². The molecule has 0 atom stereocenters. The van der Waals surface area contributed by atoms with E-state index in [0.717, 1.165) is 31.0 Å². The minimum absolute atomic E-state index is 0.0491. The zero-order valence-electron chi connectivity index (χ0n) is 15.3. The Morgan fingerprint density at radius 1 is 0.750 bits per heavy atom. The minimum atomic E-state index is -0.0589. The molecule has 0 aliphatic rings. The van der Waals surface area contributed by atoms with E-state index in [0.29, 0.717) is 26.1 Å². The molecular formula is C18H34BrIO4. The number of esters is 2. The molecule has 24 heavy (non-hydrogen) atoms. The van der Waals surface area contributed by atoms with Crippen molar-refractivity contribution in [2.24, 2.45) is 0 Å². The maximum absolute atomic E-state index is 10.9. The average Bonchev–Trinajstić information content (AvgIpc) is 2.56. The molecule has 0 radical (unpaired) electrons. The van der Waals surface area contributed by atoms with Gasteiger partial charge in [-0.05, 0) is 44.0 Å². The third kappa shape index (κ3) is 24.4. The van der Waals surface area contributed by atoms with Gasteiger partial charge in [-0.3, -0.25) is 9.59 Å². The van der Waals surface area contributed by atoms with Gasteiger partial charge >= 0.3 is 11.9 Å². The highest BCUT2D eigenvalue weighted by atomic mass is 127. The molecule has 0 fully saturated rings. The second-order valence-electron chi connectivity index (χ2n) is 5.32. The van der Waals surface area contributed by atoms with Gasteiger partial charge in [-0.2, -0.15) is 0 Å². The van der Waals surface area contributed by atoms with Crippen LogP contribution >= 0.6 is 38.5 Å². The van der Waals surface area contributed by atoms with Gasteiger partial charge in [0, 0.05) is 18.2 Å². The van der Waals surface area contributed by atoms with Crippen LogP contribution in [0.2, 0.25) is 0 Å². The SMILES string of the molecule is CCOC(=O)CCCCCCBr.CCOC(=O)CCCCCCI. The molecule has 0 heterocycles. The predicted molar refractivity (Wildman–Crippen MR) is 112 cm³/mol. The summed E-state index contributed by atoms with van der Waals surface area (Å²) in [6, 6.07) is 0. The van der Waals surface area contributed by atoms with E-state index >= 15 is 0 Å². The molecule has 6 heteroatoms. The molecule has 0 saturated carbocycles. The molecule has 0 aliphatic carbocycles. The van der Waals surface area contributed by atoms with E-state index in [2.05, 4.69) is 38.5 Å². The third-order valence-electron chi connectivity index (χ3n) is 3.14. The first-order valence-electron chi connectivity index (χ1n) is 9.05. The number of rotatable bonds is 14. The van der Waals surface area contributed by atoms with Crippen LogP contribution in [0.5, 0.6) is 0 Å². The van der Waals surface area contributed by atoms with Crippen molar-refractivity contribution in [2.75, 3.05) is 23.0 Å². The fourth-order valence-electron chi connectivity index (χ4n) is 1.90. The van der Waals surface area contributed by atoms with E-state index in [4.69, 9.17) is 9.47 Å². The molecule has 0 amide bonds. The summed E-state index contributed by atoms with van der Waals surface area (Å²) < 4.78 is 10.8. The van der Waals surface area contributed by atoms with Gasteiger partial charge in [0.05, 0.1) is 13.2 Å². The molecule has 4 nitrogen and oxygen atoms in total. The van der Waals surface area contributed by atoms with E-state index in [9.17, 15) is 9.59 Å². The molecule has 144 valence electrons. The van der Waals surface area contributed by atoms with Gasteiger partial charge in [0.25, 0.3) is 0 Å². The van der Waals surface area contributed by atoms with Crippen LogP contribution in [0.1, 0.15) is 78.1 Å². The summed E-state index contributed by atoms with van der Waals surface area (Å²) in [7, 11) is 0. The fourth-order valence-corrected chi connectivity index (χ4v) is 2.84. The van der Waals surface area contributed by atoms with Gasteiger partial charge in [-0.1, -0.05) is 64.2 Å². The van der Waals surface area contributed by atoms with Gasteiger partial charge in [0.1, 0.15) is 0 Å². The van der Waals surface area contributed by atoms with Gasteiger partial charge in [-0.25, -0.2) is 0 Å². The molecule has 0 rings (SSSR count). The highest BCUT2D eigenvalue weighted by Crippen LogP contribution is 2.06. The van der Waals surface area contributed by atoms with Gasteiger partial charge in [-0.15, -0.1) is 0 Å². The lowest BCUT2D eigenvalue weighted by molar-refractivity contribution is -0.144. The smallest absolute Gasteiger partial charge is 0.305 e. The average molecular weight is 521 g/mol. The van der Waals surface area contributed by atoms with Crippen molar-refractivity contribution in [3.05, 3.63) is 0 Å². The summed E-state index contributed by atoms with van der Waals surface area (Å²) in [6.45, 7) is 4.68. The Morgan fingerprint density at radius 2 is 1.17 bits per heavy atom. The maximum atomic E-state index is 10.9. The quantitative estimate of drug-likeness (QED) is 0.125. The topological polar surface area (TPSA) is 52.6 Å². The number of hydrogen-bond donors (Lipinski definition) is 0. The lowest BCUT2D eigenvalue weighted by Gasteiger charge is -2.00. The van der Waals surface area contributed by atoms with E-state index in [-0.39, 0.29) is 11.9 Å². The van der Waals surface area contributed by atoms with Crippen LogP contribution in [-0.4, -0.2) is 34.9 Å². The summed E-state index contributed by atoms with van der Waals surface area (Å²) in [4.78, 5) is 21.7. The summed E-state index contributed by atoms with van der Waals surface area (Å²) in [6.07, 6.45) is 10.3. The Hall–Kier alpha value is 0.150. The van der Waals surface area contributed by atoms with Crippen LogP contribution in [0.3, 0.4) is 0 Å². The van der Waals surface area contributed by atoms with E-state index in [1.54, 1.807) is 0 Å². The highest BCUT2D eigenvalue weighted by Gasteiger charge is 2.00. The molecule has 0 bridgehead atoms. The van der Waals surface area contributed by atoms with Crippen molar-refractivity contribution >= 4 is 50.5 Å². The molecule has 0 aromatic heterocycles. The fraction of sp³-hybridized carbons (Fsp3) is 0.889. The highest BCUT2D eigenvalue weighted by molar-refractivity contribution is 14.1. The Bertz CT molecular complexity index is 260. The Balaban J connectivity index is 0. The van der Waals surface area contributed by atoms with Crippen molar-refractivity contribution in [1.29, 1.82) is 0 Å². The minimum Gasteiger partial charge on any atom is -0.466 e. The molecule has 0 unspecified atom stereocenters. The molecule has 0 spiro atoms. The number of carbonyl (C=O) groups is 2. The third-order valence-corrected chi connectivity index (χ3v) is 4.46. The molecule has 0 saturated heterocycles. The first kappa shape index (κ1) is 26.4. The first-order chi connectivity index (χ1) is 11.6. The van der Waals surface area contributed by atoms with E-state index in [1.807, 2.05) is 13.8 Å². The van der Waals surface area contributed by atoms with Crippen molar-refractivity contribution in [1.82, 2.24) is 0 Å². The second kappa shape index (κ2) is 23.1. The van der Waals surface area contributed by atoms with Crippen LogP contribution in [0.25, 0.3) is 0 Å². The molecule has 0 aromatic rings. The summed E-state index contributed by atoms with van der Waals surface area (Å²) in [5.74, 6) is -0.108. The van der Waals surface area contributed by atoms with Crippen LogP contribution in [0, 0.1) is 0 Å². The summed E-state index contributed by atoms with van der Waals surface area (Å²) in [5, 5.41) is 1.06. The van der Waals surface area contributed by atoms with Gasteiger partial charge in [0.15, 0.2) is 0 Å². The normalized spacial score (nSPS) is 9.83. The predicted octanol–water partition coefficient (Wildman–Crippen LogP) is 5.83. The van der Waals surface area contributed by atoms with Crippen LogP contribution in [-0.2, 0) is 19.1 Å². The number of halogens is 2. The van der Waals surface area contributed by atoms with E-state index in [1.165, 1.54) is 30.1 Å². The summed E-state index contributed by atoms with van der Waals surface area (Å²) in [5.41, 5.74) is 0. The monoisotopic (exact) mass is 520 g/mol. The summed E-state index contributed by atoms with van der Waals surface area (Å²) >= 11 is 5.74. The largest absolute Gasteiger partial charge is 0.466 e. The van der Waals surface area contributed by atoms with Gasteiger partial charge in [0.2, 0.25) is 0 Å². The molecule has 0 aliphatic heterocycles. The Kier molecular flexibility index (Phi) is 25.4. The Morgan fingerprint density at radius 3 is 1.54 bits per heavy atom. The second-order valence-corrected chi connectivity index (χ2v) is 7.19. The van der Waals surface area contributed by atoms with Crippen molar-refractivity contribution < 1.29 is 19.1 Å². The Labute approximate surface area is 170 Å². The standard InChI is InChI=1S/C9H17BrO2.C9H17IO2/c2*1-2-12-9(11)7-5-3-4-6-8-10/h2*2-8H2,1H3. The van der Waals surface area contributed by atoms with E-state index < -0.39 is 0 Å². The number of alkyl halides is 2. The van der Waals surface area contributed by atoms with Gasteiger partial charge < -0.3 is 9.47 Å². The molecule has 0 N–H and O–H groups in total. The first-order valence-corrected chi connectivity index (χ1v) is 11.7. The maximum Gasteiger partial charge on any atom is 0.305 e. The van der Waals surface area contributed by atoms with Crippen molar-refractivity contribution in [3.63, 3.8) is 0 Å². The van der Waals surface area contributed by atoms with Crippen molar-refractivity contribution in [3.8, 4) is 0 Å². The number of carbonyl (C=O) groups excluding carboxylic acids is 2. The lowest BCUT2D eigenvalue weighted by Crippen LogP contribution is -2.03.